The Morgan fingerprint density at radius 3 is 2.59 bits per heavy atom. The minimum Gasteiger partial charge on any atom is -0.545 e. The number of hydrogen-bond acceptors (Lipinski definition) is 6. The van der Waals surface area contributed by atoms with Crippen molar-refractivity contribution in [3.8, 4) is 11.3 Å². The number of nitrogens with one attached hydrogen (secondary N) is 1. The quantitative estimate of drug-likeness (QED) is 0.440. The van der Waals surface area contributed by atoms with Crippen molar-refractivity contribution in [2.24, 2.45) is 0 Å². The van der Waals surface area contributed by atoms with E-state index in [1.54, 1.807) is 43.3 Å². The molecule has 0 radical (unpaired) electrons. The standard InChI is InChI=1S/C23H15BrN2O6/c1-12-5-6-13(22(29)30)9-17(12)19-8-7-16(32-19)11-18-20(27)25-23(31)26(21(18)28)15-4-2-3-14(24)10-15/h2-11H,1H3,(H,29,30)(H,25,27,31)/p-1/b18-11+. The molecule has 0 unspecified atom stereocenters. The summed E-state index contributed by atoms with van der Waals surface area (Å²) in [6.07, 6.45) is 1.23. The van der Waals surface area contributed by atoms with Gasteiger partial charge in [-0.3, -0.25) is 14.9 Å². The number of carbonyl (C=O) groups excluding carboxylic acids is 4. The lowest BCUT2D eigenvalue weighted by molar-refractivity contribution is -0.255. The van der Waals surface area contributed by atoms with Crippen LogP contribution < -0.4 is 15.3 Å². The molecule has 3 aromatic rings. The van der Waals surface area contributed by atoms with Crippen LogP contribution in [0, 0.1) is 6.92 Å². The van der Waals surface area contributed by atoms with Crippen LogP contribution in [0.2, 0.25) is 0 Å². The second kappa shape index (κ2) is 8.27. The highest BCUT2D eigenvalue weighted by Crippen LogP contribution is 2.29. The van der Waals surface area contributed by atoms with Gasteiger partial charge in [0.2, 0.25) is 0 Å². The number of rotatable bonds is 4. The van der Waals surface area contributed by atoms with Crippen LogP contribution in [0.15, 0.2) is 69.1 Å². The van der Waals surface area contributed by atoms with Crippen molar-refractivity contribution in [1.82, 2.24) is 5.32 Å². The van der Waals surface area contributed by atoms with Gasteiger partial charge in [0.1, 0.15) is 17.1 Å². The maximum atomic E-state index is 13.0. The molecule has 8 nitrogen and oxygen atoms in total. The molecule has 9 heteroatoms. The van der Waals surface area contributed by atoms with E-state index in [0.29, 0.717) is 15.8 Å². The molecule has 1 aliphatic heterocycles. The van der Waals surface area contributed by atoms with E-state index in [0.717, 1.165) is 10.5 Å². The van der Waals surface area contributed by atoms with Crippen molar-refractivity contribution < 1.29 is 28.7 Å². The molecule has 2 heterocycles. The maximum absolute atomic E-state index is 13.0. The molecule has 0 bridgehead atoms. The highest BCUT2D eigenvalue weighted by atomic mass is 79.9. The molecular weight excluding hydrogens is 480 g/mol. The average Bonchev–Trinajstić information content (AvgIpc) is 3.19. The van der Waals surface area contributed by atoms with Crippen LogP contribution in [0.5, 0.6) is 0 Å². The Labute approximate surface area is 190 Å². The summed E-state index contributed by atoms with van der Waals surface area (Å²) in [4.78, 5) is 49.6. The summed E-state index contributed by atoms with van der Waals surface area (Å²) in [5, 5.41) is 13.3. The van der Waals surface area contributed by atoms with Crippen molar-refractivity contribution in [2.45, 2.75) is 6.92 Å². The summed E-state index contributed by atoms with van der Waals surface area (Å²) in [5.74, 6) is -2.44. The van der Waals surface area contributed by atoms with E-state index in [4.69, 9.17) is 4.42 Å². The number of imide groups is 2. The Balaban J connectivity index is 1.70. The molecule has 1 aliphatic rings. The number of urea groups is 1. The minimum absolute atomic E-state index is 0.00748. The number of nitrogens with zero attached hydrogens (tertiary/aromatic N) is 1. The first kappa shape index (κ1) is 21.3. The Kier molecular flexibility index (Phi) is 5.50. The molecule has 1 fully saturated rings. The minimum atomic E-state index is -1.32. The number of anilines is 1. The van der Waals surface area contributed by atoms with E-state index in [9.17, 15) is 24.3 Å². The van der Waals surface area contributed by atoms with Crippen molar-refractivity contribution in [1.29, 1.82) is 0 Å². The average molecular weight is 494 g/mol. The number of carboxylic acids is 1. The molecular formula is C23H14BrN2O6-. The Morgan fingerprint density at radius 2 is 1.88 bits per heavy atom. The fraction of sp³-hybridized carbons (Fsp3) is 0.0435. The molecule has 1 N–H and O–H groups in total. The smallest absolute Gasteiger partial charge is 0.335 e. The highest BCUT2D eigenvalue weighted by molar-refractivity contribution is 9.10. The van der Waals surface area contributed by atoms with Crippen molar-refractivity contribution in [3.63, 3.8) is 0 Å². The predicted octanol–water partition coefficient (Wildman–Crippen LogP) is 3.05. The van der Waals surface area contributed by atoms with Gasteiger partial charge in [-0.15, -0.1) is 0 Å². The summed E-state index contributed by atoms with van der Waals surface area (Å²) in [6, 6.07) is 13.3. The van der Waals surface area contributed by atoms with Gasteiger partial charge >= 0.3 is 6.03 Å². The molecule has 0 atom stereocenters. The first-order chi connectivity index (χ1) is 15.2. The van der Waals surface area contributed by atoms with Crippen molar-refractivity contribution >= 4 is 51.5 Å². The molecule has 0 aliphatic carbocycles. The van der Waals surface area contributed by atoms with Gasteiger partial charge in [0, 0.05) is 10.0 Å². The number of furan rings is 1. The van der Waals surface area contributed by atoms with E-state index in [1.165, 1.54) is 24.3 Å². The van der Waals surface area contributed by atoms with Gasteiger partial charge in [-0.2, -0.15) is 0 Å². The number of carbonyl (C=O) groups is 4. The van der Waals surface area contributed by atoms with Crippen LogP contribution in [0.25, 0.3) is 17.4 Å². The van der Waals surface area contributed by atoms with Gasteiger partial charge < -0.3 is 14.3 Å². The lowest BCUT2D eigenvalue weighted by Gasteiger charge is -2.26. The van der Waals surface area contributed by atoms with Gasteiger partial charge in [-0.25, -0.2) is 9.69 Å². The molecule has 160 valence electrons. The Morgan fingerprint density at radius 1 is 1.09 bits per heavy atom. The largest absolute Gasteiger partial charge is 0.545 e. The van der Waals surface area contributed by atoms with Gasteiger partial charge in [-0.05, 0) is 60.5 Å². The zero-order chi connectivity index (χ0) is 23.0. The van der Waals surface area contributed by atoms with E-state index >= 15 is 0 Å². The monoisotopic (exact) mass is 493 g/mol. The normalized spacial score (nSPS) is 15.2. The van der Waals surface area contributed by atoms with Crippen LogP contribution in [-0.2, 0) is 9.59 Å². The van der Waals surface area contributed by atoms with Crippen molar-refractivity contribution in [3.05, 3.63) is 81.5 Å². The SMILES string of the molecule is Cc1ccc(C(=O)[O-])cc1-c1ccc(/C=C2\C(=O)NC(=O)N(c3cccc(Br)c3)C2=O)o1. The number of amides is 4. The first-order valence-electron chi connectivity index (χ1n) is 9.34. The fourth-order valence-electron chi connectivity index (χ4n) is 3.24. The zero-order valence-corrected chi connectivity index (χ0v) is 18.1. The van der Waals surface area contributed by atoms with Crippen LogP contribution in [-0.4, -0.2) is 23.8 Å². The third kappa shape index (κ3) is 3.97. The zero-order valence-electron chi connectivity index (χ0n) is 16.5. The molecule has 1 aromatic heterocycles. The molecule has 0 spiro atoms. The second-order valence-corrected chi connectivity index (χ2v) is 7.87. The number of aryl methyl sites for hydroxylation is 1. The summed E-state index contributed by atoms with van der Waals surface area (Å²) in [6.45, 7) is 1.79. The Bertz CT molecular complexity index is 1320. The summed E-state index contributed by atoms with van der Waals surface area (Å²) in [7, 11) is 0. The molecule has 4 amide bonds. The van der Waals surface area contributed by atoms with Crippen molar-refractivity contribution in [2.75, 3.05) is 4.90 Å². The van der Waals surface area contributed by atoms with E-state index in [2.05, 4.69) is 21.2 Å². The van der Waals surface area contributed by atoms with Gasteiger partial charge in [0.05, 0.1) is 11.7 Å². The van der Waals surface area contributed by atoms with Crippen LogP contribution in [0.1, 0.15) is 21.7 Å². The second-order valence-electron chi connectivity index (χ2n) is 6.96. The highest BCUT2D eigenvalue weighted by Gasteiger charge is 2.37. The molecule has 4 rings (SSSR count). The summed E-state index contributed by atoms with van der Waals surface area (Å²) >= 11 is 3.29. The Hall–Kier alpha value is -3.98. The van der Waals surface area contributed by atoms with Crippen LogP contribution in [0.3, 0.4) is 0 Å². The van der Waals surface area contributed by atoms with E-state index in [-0.39, 0.29) is 22.6 Å². The first-order valence-corrected chi connectivity index (χ1v) is 10.1. The summed E-state index contributed by atoms with van der Waals surface area (Å²) in [5.41, 5.74) is 1.29. The van der Waals surface area contributed by atoms with Gasteiger partial charge in [0.15, 0.2) is 0 Å². The third-order valence-corrected chi connectivity index (χ3v) is 5.31. The third-order valence-electron chi connectivity index (χ3n) is 4.82. The lowest BCUT2D eigenvalue weighted by atomic mass is 10.0. The number of hydrogen-bond donors (Lipinski definition) is 1. The number of halogens is 1. The topological polar surface area (TPSA) is 120 Å². The maximum Gasteiger partial charge on any atom is 0.335 e. The number of carboxylic acid groups (broad SMARTS) is 1. The molecule has 32 heavy (non-hydrogen) atoms. The van der Waals surface area contributed by atoms with E-state index in [1.807, 2.05) is 0 Å². The number of barbiturate groups is 1. The van der Waals surface area contributed by atoms with Crippen LogP contribution in [0.4, 0.5) is 10.5 Å². The number of aromatic carboxylic acids is 1. The number of benzene rings is 2. The lowest BCUT2D eigenvalue weighted by Crippen LogP contribution is -2.54. The van der Waals surface area contributed by atoms with Gasteiger partial charge in [-0.1, -0.05) is 34.1 Å². The summed E-state index contributed by atoms with van der Waals surface area (Å²) < 4.78 is 6.39. The van der Waals surface area contributed by atoms with Gasteiger partial charge in [0.25, 0.3) is 11.8 Å². The fourth-order valence-corrected chi connectivity index (χ4v) is 3.63. The van der Waals surface area contributed by atoms with E-state index < -0.39 is 23.8 Å². The predicted molar refractivity (Wildman–Crippen MR) is 116 cm³/mol. The van der Waals surface area contributed by atoms with Crippen LogP contribution >= 0.6 is 15.9 Å². The molecule has 2 aromatic carbocycles. The molecule has 1 saturated heterocycles. The molecule has 0 saturated carbocycles.